The van der Waals surface area contributed by atoms with Crippen LogP contribution in [0.5, 0.6) is 0 Å². The normalized spacial score (nSPS) is 14.2. The highest BCUT2D eigenvalue weighted by Gasteiger charge is 2.20. The van der Waals surface area contributed by atoms with Gasteiger partial charge in [-0.05, 0) is 32.6 Å². The van der Waals surface area contributed by atoms with Crippen LogP contribution in [0.4, 0.5) is 0 Å². The second-order valence-corrected chi connectivity index (χ2v) is 5.11. The standard InChI is InChI=1S/C14H21N3O/c1-14(18,11-17(2)3)10-16-9-13-7-5-4-6-12(13)8-15/h4-7,16,18H,9-11H2,1-3H3. The van der Waals surface area contributed by atoms with Gasteiger partial charge in [-0.2, -0.15) is 5.26 Å². The minimum atomic E-state index is -0.773. The third-order valence-electron chi connectivity index (χ3n) is 2.62. The van der Waals surface area contributed by atoms with Crippen molar-refractivity contribution < 1.29 is 5.11 Å². The highest BCUT2D eigenvalue weighted by atomic mass is 16.3. The minimum Gasteiger partial charge on any atom is -0.388 e. The number of benzene rings is 1. The molecule has 0 saturated carbocycles. The molecule has 4 nitrogen and oxygen atoms in total. The largest absolute Gasteiger partial charge is 0.388 e. The Morgan fingerprint density at radius 2 is 2.06 bits per heavy atom. The average molecular weight is 247 g/mol. The molecule has 0 aromatic heterocycles. The molecule has 98 valence electrons. The summed E-state index contributed by atoms with van der Waals surface area (Å²) in [5.41, 5.74) is 0.864. The molecule has 1 unspecified atom stereocenters. The number of rotatable bonds is 6. The molecule has 0 bridgehead atoms. The fourth-order valence-electron chi connectivity index (χ4n) is 1.99. The zero-order valence-electron chi connectivity index (χ0n) is 11.3. The number of hydrogen-bond acceptors (Lipinski definition) is 4. The summed E-state index contributed by atoms with van der Waals surface area (Å²) in [6, 6.07) is 9.65. The summed E-state index contributed by atoms with van der Waals surface area (Å²) in [6.45, 7) is 3.48. The molecule has 0 fully saturated rings. The van der Waals surface area contributed by atoms with Crippen LogP contribution in [0.1, 0.15) is 18.1 Å². The van der Waals surface area contributed by atoms with Crippen molar-refractivity contribution in [3.63, 3.8) is 0 Å². The molecule has 0 aliphatic rings. The van der Waals surface area contributed by atoms with Crippen LogP contribution in [0, 0.1) is 11.3 Å². The third-order valence-corrected chi connectivity index (χ3v) is 2.62. The van der Waals surface area contributed by atoms with Crippen molar-refractivity contribution in [1.82, 2.24) is 10.2 Å². The van der Waals surface area contributed by atoms with Crippen molar-refractivity contribution in [2.24, 2.45) is 0 Å². The number of nitrogens with one attached hydrogen (secondary N) is 1. The number of nitrogens with zero attached hydrogens (tertiary/aromatic N) is 2. The van der Waals surface area contributed by atoms with Crippen LogP contribution in [-0.4, -0.2) is 42.8 Å². The van der Waals surface area contributed by atoms with E-state index in [1.807, 2.05) is 37.2 Å². The van der Waals surface area contributed by atoms with Crippen molar-refractivity contribution >= 4 is 0 Å². The van der Waals surface area contributed by atoms with Gasteiger partial charge in [0.15, 0.2) is 0 Å². The summed E-state index contributed by atoms with van der Waals surface area (Å²) in [6.07, 6.45) is 0. The quantitative estimate of drug-likeness (QED) is 0.786. The van der Waals surface area contributed by atoms with E-state index in [1.54, 1.807) is 13.0 Å². The van der Waals surface area contributed by atoms with E-state index < -0.39 is 5.60 Å². The lowest BCUT2D eigenvalue weighted by Gasteiger charge is -2.27. The van der Waals surface area contributed by atoms with Gasteiger partial charge in [-0.15, -0.1) is 0 Å². The molecule has 0 amide bonds. The molecule has 1 aromatic rings. The third kappa shape index (κ3) is 4.84. The van der Waals surface area contributed by atoms with Gasteiger partial charge in [0, 0.05) is 19.6 Å². The van der Waals surface area contributed by atoms with E-state index in [1.165, 1.54) is 0 Å². The zero-order chi connectivity index (χ0) is 13.6. The summed E-state index contributed by atoms with van der Waals surface area (Å²) in [5.74, 6) is 0. The predicted molar refractivity (Wildman–Crippen MR) is 72.0 cm³/mol. The number of nitriles is 1. The highest BCUT2D eigenvalue weighted by Crippen LogP contribution is 2.08. The molecule has 0 saturated heterocycles. The van der Waals surface area contributed by atoms with Gasteiger partial charge in [-0.3, -0.25) is 0 Å². The molecule has 0 spiro atoms. The SMILES string of the molecule is CN(C)CC(C)(O)CNCc1ccccc1C#N. The van der Waals surface area contributed by atoms with Crippen LogP contribution in [0.2, 0.25) is 0 Å². The summed E-state index contributed by atoms with van der Waals surface area (Å²) in [5, 5.41) is 22.3. The molecule has 2 N–H and O–H groups in total. The van der Waals surface area contributed by atoms with Gasteiger partial charge in [-0.25, -0.2) is 0 Å². The van der Waals surface area contributed by atoms with Crippen LogP contribution >= 0.6 is 0 Å². The van der Waals surface area contributed by atoms with Gasteiger partial charge < -0.3 is 15.3 Å². The van der Waals surface area contributed by atoms with E-state index in [9.17, 15) is 5.11 Å². The van der Waals surface area contributed by atoms with Gasteiger partial charge in [0.2, 0.25) is 0 Å². The Kier molecular flexibility index (Phi) is 5.29. The highest BCUT2D eigenvalue weighted by molar-refractivity contribution is 5.37. The lowest BCUT2D eigenvalue weighted by atomic mass is 10.1. The van der Waals surface area contributed by atoms with E-state index in [4.69, 9.17) is 5.26 Å². The van der Waals surface area contributed by atoms with Gasteiger partial charge in [0.25, 0.3) is 0 Å². The van der Waals surface area contributed by atoms with Crippen molar-refractivity contribution in [3.8, 4) is 6.07 Å². The number of aliphatic hydroxyl groups is 1. The van der Waals surface area contributed by atoms with Crippen molar-refractivity contribution in [3.05, 3.63) is 35.4 Å². The first-order valence-corrected chi connectivity index (χ1v) is 6.00. The van der Waals surface area contributed by atoms with Crippen LogP contribution in [0.3, 0.4) is 0 Å². The van der Waals surface area contributed by atoms with Gasteiger partial charge in [0.05, 0.1) is 17.2 Å². The molecule has 0 radical (unpaired) electrons. The van der Waals surface area contributed by atoms with Crippen LogP contribution in [-0.2, 0) is 6.54 Å². The summed E-state index contributed by atoms with van der Waals surface area (Å²) >= 11 is 0. The Balaban J connectivity index is 2.49. The van der Waals surface area contributed by atoms with Crippen molar-refractivity contribution in [2.75, 3.05) is 27.2 Å². The molecular formula is C14H21N3O. The predicted octanol–water partition coefficient (Wildman–Crippen LogP) is 0.960. The molecule has 1 rings (SSSR count). The monoisotopic (exact) mass is 247 g/mol. The van der Waals surface area contributed by atoms with Crippen LogP contribution in [0.15, 0.2) is 24.3 Å². The second-order valence-electron chi connectivity index (χ2n) is 5.11. The first-order valence-electron chi connectivity index (χ1n) is 6.00. The minimum absolute atomic E-state index is 0.491. The topological polar surface area (TPSA) is 59.3 Å². The molecule has 18 heavy (non-hydrogen) atoms. The van der Waals surface area contributed by atoms with Gasteiger partial charge >= 0.3 is 0 Å². The Morgan fingerprint density at radius 1 is 1.39 bits per heavy atom. The molecule has 0 heterocycles. The Hall–Kier alpha value is -1.41. The van der Waals surface area contributed by atoms with Crippen molar-refractivity contribution in [2.45, 2.75) is 19.1 Å². The maximum atomic E-state index is 10.1. The van der Waals surface area contributed by atoms with E-state index in [0.717, 1.165) is 5.56 Å². The lowest BCUT2D eigenvalue weighted by Crippen LogP contribution is -2.45. The maximum Gasteiger partial charge on any atom is 0.0995 e. The van der Waals surface area contributed by atoms with E-state index in [-0.39, 0.29) is 0 Å². The Labute approximate surface area is 109 Å². The Bertz CT molecular complexity index is 421. The molecule has 1 aromatic carbocycles. The first-order chi connectivity index (χ1) is 8.44. The van der Waals surface area contributed by atoms with Gasteiger partial charge in [-0.1, -0.05) is 18.2 Å². The number of hydrogen-bond donors (Lipinski definition) is 2. The van der Waals surface area contributed by atoms with Crippen molar-refractivity contribution in [1.29, 1.82) is 5.26 Å². The lowest BCUT2D eigenvalue weighted by molar-refractivity contribution is 0.0336. The van der Waals surface area contributed by atoms with E-state index >= 15 is 0 Å². The molecular weight excluding hydrogens is 226 g/mol. The second kappa shape index (κ2) is 6.50. The zero-order valence-corrected chi connectivity index (χ0v) is 11.3. The van der Waals surface area contributed by atoms with Gasteiger partial charge in [0.1, 0.15) is 0 Å². The van der Waals surface area contributed by atoms with Crippen LogP contribution < -0.4 is 5.32 Å². The molecule has 0 aliphatic carbocycles. The van der Waals surface area contributed by atoms with E-state index in [0.29, 0.717) is 25.2 Å². The molecule has 1 atom stereocenters. The summed E-state index contributed by atoms with van der Waals surface area (Å²) in [7, 11) is 3.86. The Morgan fingerprint density at radius 3 is 2.67 bits per heavy atom. The molecule has 4 heteroatoms. The summed E-state index contributed by atoms with van der Waals surface area (Å²) < 4.78 is 0. The number of likely N-dealkylation sites (N-methyl/N-ethyl adjacent to an activating group) is 1. The van der Waals surface area contributed by atoms with E-state index in [2.05, 4.69) is 11.4 Å². The summed E-state index contributed by atoms with van der Waals surface area (Å²) in [4.78, 5) is 1.95. The fraction of sp³-hybridized carbons (Fsp3) is 0.500. The maximum absolute atomic E-state index is 10.1. The average Bonchev–Trinajstić information content (AvgIpc) is 2.27. The first kappa shape index (κ1) is 14.7. The van der Waals surface area contributed by atoms with Crippen LogP contribution in [0.25, 0.3) is 0 Å². The smallest absolute Gasteiger partial charge is 0.0995 e. The molecule has 0 aliphatic heterocycles. The fourth-order valence-corrected chi connectivity index (χ4v) is 1.99.